The van der Waals surface area contributed by atoms with Crippen molar-refractivity contribution in [2.45, 2.75) is 6.54 Å². The minimum Gasteiger partial charge on any atom is -0.460 e. The van der Waals surface area contributed by atoms with Crippen molar-refractivity contribution in [1.29, 1.82) is 0 Å². The molecular formula is C15H12ClN5O4. The Morgan fingerprint density at radius 2 is 2.04 bits per heavy atom. The van der Waals surface area contributed by atoms with E-state index in [4.69, 9.17) is 16.3 Å². The van der Waals surface area contributed by atoms with Gasteiger partial charge in [-0.05, 0) is 34.2 Å². The second-order valence-corrected chi connectivity index (χ2v) is 5.45. The van der Waals surface area contributed by atoms with Crippen LogP contribution >= 0.6 is 11.6 Å². The Morgan fingerprint density at radius 1 is 1.28 bits per heavy atom. The fraction of sp³-hybridized carbons (Fsp3) is 0.133. The second kappa shape index (κ2) is 7.14. The van der Waals surface area contributed by atoms with Crippen molar-refractivity contribution in [3.63, 3.8) is 0 Å². The summed E-state index contributed by atoms with van der Waals surface area (Å²) in [7, 11) is 0. The molecule has 10 heteroatoms. The molecule has 0 spiro atoms. The van der Waals surface area contributed by atoms with E-state index in [2.05, 4.69) is 10.1 Å². The Labute approximate surface area is 146 Å². The fourth-order valence-corrected chi connectivity index (χ4v) is 2.18. The van der Waals surface area contributed by atoms with Crippen molar-refractivity contribution in [2.24, 2.45) is 0 Å². The number of benzene rings is 1. The molecule has 3 aromatic rings. The van der Waals surface area contributed by atoms with Crippen LogP contribution in [0.25, 0.3) is 5.69 Å². The molecule has 2 heterocycles. The van der Waals surface area contributed by atoms with Crippen molar-refractivity contribution in [3.05, 3.63) is 69.9 Å². The number of rotatable bonds is 6. The molecule has 1 aromatic carbocycles. The molecule has 9 nitrogen and oxygen atoms in total. The molecule has 0 atom stereocenters. The first-order valence-electron chi connectivity index (χ1n) is 7.17. The molecule has 0 aliphatic rings. The van der Waals surface area contributed by atoms with Crippen LogP contribution in [0.3, 0.4) is 0 Å². The van der Waals surface area contributed by atoms with Crippen molar-refractivity contribution in [3.8, 4) is 5.69 Å². The number of ether oxygens (including phenoxy) is 1. The number of imidazole rings is 1. The number of nitro groups is 1. The average molecular weight is 362 g/mol. The van der Waals surface area contributed by atoms with Gasteiger partial charge in [0.15, 0.2) is 0 Å². The van der Waals surface area contributed by atoms with Crippen LogP contribution in [-0.2, 0) is 11.3 Å². The number of carbonyl (C=O) groups is 1. The number of halogens is 1. The summed E-state index contributed by atoms with van der Waals surface area (Å²) in [5.74, 6) is -0.787. The van der Waals surface area contributed by atoms with Crippen molar-refractivity contribution in [2.75, 3.05) is 6.61 Å². The molecule has 0 aliphatic carbocycles. The molecule has 0 unspecified atom stereocenters. The van der Waals surface area contributed by atoms with Gasteiger partial charge in [0.05, 0.1) is 24.0 Å². The Bertz CT molecular complexity index is 903. The van der Waals surface area contributed by atoms with E-state index in [0.29, 0.717) is 10.6 Å². The van der Waals surface area contributed by atoms with Crippen LogP contribution in [0.1, 0.15) is 10.4 Å². The number of carbonyl (C=O) groups excluding carboxylic acids is 1. The second-order valence-electron chi connectivity index (χ2n) is 5.01. The number of hydrogen-bond acceptors (Lipinski definition) is 6. The maximum absolute atomic E-state index is 12.0. The Hall–Kier alpha value is -3.20. The van der Waals surface area contributed by atoms with Crippen LogP contribution in [0.15, 0.2) is 49.2 Å². The topological polar surface area (TPSA) is 105 Å². The lowest BCUT2D eigenvalue weighted by molar-refractivity contribution is -0.389. The van der Waals surface area contributed by atoms with E-state index in [1.165, 1.54) is 28.0 Å². The highest BCUT2D eigenvalue weighted by Crippen LogP contribution is 2.14. The third kappa shape index (κ3) is 4.01. The summed E-state index contributed by atoms with van der Waals surface area (Å²) >= 11 is 5.83. The predicted octanol–water partition coefficient (Wildman–Crippen LogP) is 2.49. The maximum atomic E-state index is 12.0. The Morgan fingerprint density at radius 3 is 2.72 bits per heavy atom. The van der Waals surface area contributed by atoms with Gasteiger partial charge in [0.1, 0.15) is 12.8 Å². The lowest BCUT2D eigenvalue weighted by Gasteiger charge is -2.03. The fourth-order valence-electron chi connectivity index (χ4n) is 2.06. The molecule has 0 fully saturated rings. The van der Waals surface area contributed by atoms with E-state index in [9.17, 15) is 14.9 Å². The molecule has 25 heavy (non-hydrogen) atoms. The molecule has 2 aromatic heterocycles. The van der Waals surface area contributed by atoms with E-state index in [1.807, 2.05) is 0 Å². The molecule has 0 saturated carbocycles. The zero-order chi connectivity index (χ0) is 17.8. The summed E-state index contributed by atoms with van der Waals surface area (Å²) in [6, 6.07) is 6.99. The average Bonchev–Trinajstić information content (AvgIpc) is 3.25. The SMILES string of the molecule is O=C(OCCn1cnc([N+](=O)[O-])c1)c1cnn(-c2ccc(Cl)cc2)c1. The molecule has 0 aliphatic heterocycles. The summed E-state index contributed by atoms with van der Waals surface area (Å²) in [6.07, 6.45) is 5.53. The van der Waals surface area contributed by atoms with Gasteiger partial charge in [-0.3, -0.25) is 0 Å². The van der Waals surface area contributed by atoms with E-state index in [-0.39, 0.29) is 19.0 Å². The van der Waals surface area contributed by atoms with Crippen LogP contribution in [0.5, 0.6) is 0 Å². The van der Waals surface area contributed by atoms with E-state index >= 15 is 0 Å². The highest BCUT2D eigenvalue weighted by molar-refractivity contribution is 6.30. The largest absolute Gasteiger partial charge is 0.460 e. The van der Waals surface area contributed by atoms with Crippen LogP contribution < -0.4 is 0 Å². The van der Waals surface area contributed by atoms with Crippen LogP contribution in [0, 0.1) is 10.1 Å². The van der Waals surface area contributed by atoms with Crippen LogP contribution in [0.4, 0.5) is 5.82 Å². The van der Waals surface area contributed by atoms with Gasteiger partial charge in [0, 0.05) is 11.2 Å². The molecule has 0 N–H and O–H groups in total. The lowest BCUT2D eigenvalue weighted by Crippen LogP contribution is -2.10. The lowest BCUT2D eigenvalue weighted by atomic mass is 10.3. The molecule has 3 rings (SSSR count). The van der Waals surface area contributed by atoms with Gasteiger partial charge in [0.2, 0.25) is 6.33 Å². The third-order valence-corrected chi connectivity index (χ3v) is 3.55. The van der Waals surface area contributed by atoms with Crippen molar-refractivity contribution in [1.82, 2.24) is 19.3 Å². The van der Waals surface area contributed by atoms with Gasteiger partial charge in [-0.25, -0.2) is 9.48 Å². The number of aromatic nitrogens is 4. The zero-order valence-corrected chi connectivity index (χ0v) is 13.5. The zero-order valence-electron chi connectivity index (χ0n) is 12.8. The van der Waals surface area contributed by atoms with Crippen LogP contribution in [-0.4, -0.2) is 36.8 Å². The highest BCUT2D eigenvalue weighted by atomic mass is 35.5. The van der Waals surface area contributed by atoms with E-state index < -0.39 is 10.9 Å². The summed E-state index contributed by atoms with van der Waals surface area (Å²) in [5.41, 5.74) is 1.06. The van der Waals surface area contributed by atoms with Gasteiger partial charge >= 0.3 is 11.8 Å². The molecule has 128 valence electrons. The monoisotopic (exact) mass is 361 g/mol. The first kappa shape index (κ1) is 16.7. The summed E-state index contributed by atoms with van der Waals surface area (Å²) in [4.78, 5) is 25.6. The van der Waals surface area contributed by atoms with E-state index in [0.717, 1.165) is 5.69 Å². The van der Waals surface area contributed by atoms with Gasteiger partial charge in [-0.2, -0.15) is 5.10 Å². The molecule has 0 saturated heterocycles. The smallest absolute Gasteiger partial charge is 0.381 e. The Balaban J connectivity index is 1.56. The minimum atomic E-state index is -0.590. The summed E-state index contributed by atoms with van der Waals surface area (Å²) in [6.45, 7) is 0.316. The highest BCUT2D eigenvalue weighted by Gasteiger charge is 2.13. The molecule has 0 bridgehead atoms. The molecular weight excluding hydrogens is 350 g/mol. The van der Waals surface area contributed by atoms with Gasteiger partial charge < -0.3 is 19.4 Å². The first-order valence-corrected chi connectivity index (χ1v) is 7.54. The van der Waals surface area contributed by atoms with Crippen molar-refractivity contribution >= 4 is 23.4 Å². The normalized spacial score (nSPS) is 10.6. The van der Waals surface area contributed by atoms with Crippen LogP contribution in [0.2, 0.25) is 5.02 Å². The van der Waals surface area contributed by atoms with E-state index in [1.54, 1.807) is 30.5 Å². The Kier molecular flexibility index (Phi) is 4.75. The quantitative estimate of drug-likeness (QED) is 0.379. The van der Waals surface area contributed by atoms with Gasteiger partial charge in [0.25, 0.3) is 0 Å². The summed E-state index contributed by atoms with van der Waals surface area (Å²) in [5, 5.41) is 15.3. The number of hydrogen-bond donors (Lipinski definition) is 0. The first-order chi connectivity index (χ1) is 12.0. The van der Waals surface area contributed by atoms with Gasteiger partial charge in [-0.1, -0.05) is 11.6 Å². The third-order valence-electron chi connectivity index (χ3n) is 3.30. The number of nitrogens with zero attached hydrogens (tertiary/aromatic N) is 5. The molecule has 0 radical (unpaired) electrons. The maximum Gasteiger partial charge on any atom is 0.381 e. The standard InChI is InChI=1S/C15H12ClN5O4/c16-12-1-3-13(4-2-12)20-8-11(7-18-20)15(22)25-6-5-19-9-14(17-10-19)21(23)24/h1-4,7-10H,5-6H2. The molecule has 0 amide bonds. The summed E-state index contributed by atoms with van der Waals surface area (Å²) < 4.78 is 8.15. The van der Waals surface area contributed by atoms with Crippen molar-refractivity contribution < 1.29 is 14.5 Å². The minimum absolute atomic E-state index is 0.0540. The predicted molar refractivity (Wildman–Crippen MR) is 87.7 cm³/mol. The number of esters is 1. The van der Waals surface area contributed by atoms with Gasteiger partial charge in [-0.15, -0.1) is 0 Å².